The molecule has 0 atom stereocenters. The molecule has 1 heterocycles. The van der Waals surface area contributed by atoms with Crippen LogP contribution < -0.4 is 10.6 Å². The van der Waals surface area contributed by atoms with Crippen molar-refractivity contribution >= 4 is 35.0 Å². The van der Waals surface area contributed by atoms with Crippen LogP contribution in [0.3, 0.4) is 0 Å². The molecule has 0 saturated heterocycles. The van der Waals surface area contributed by atoms with Gasteiger partial charge in [0.05, 0.1) is 17.1 Å². The van der Waals surface area contributed by atoms with Crippen molar-refractivity contribution in [1.82, 2.24) is 15.0 Å². The lowest BCUT2D eigenvalue weighted by Gasteiger charge is -2.20. The molecule has 0 aliphatic rings. The molecule has 0 fully saturated rings. The molecule has 10 heteroatoms. The van der Waals surface area contributed by atoms with Gasteiger partial charge in [0.1, 0.15) is 11.4 Å². The molecule has 2 aromatic carbocycles. The van der Waals surface area contributed by atoms with Crippen molar-refractivity contribution < 1.29 is 18.7 Å². The number of nitrogens with zero attached hydrogens (tertiary/aromatic N) is 3. The third kappa shape index (κ3) is 5.58. The smallest absolute Gasteiger partial charge is 0.412 e. The van der Waals surface area contributed by atoms with Gasteiger partial charge in [0.15, 0.2) is 5.69 Å². The van der Waals surface area contributed by atoms with Gasteiger partial charge >= 0.3 is 6.09 Å². The number of hydrogen-bond acceptors (Lipinski definition) is 5. The van der Waals surface area contributed by atoms with Crippen molar-refractivity contribution in [3.63, 3.8) is 0 Å². The van der Waals surface area contributed by atoms with Gasteiger partial charge in [-0.2, -0.15) is 0 Å². The van der Waals surface area contributed by atoms with Crippen LogP contribution in [0.4, 0.5) is 20.6 Å². The average molecular weight is 446 g/mol. The second-order valence-corrected chi connectivity index (χ2v) is 8.13. The summed E-state index contributed by atoms with van der Waals surface area (Å²) in [5.74, 6) is -1.22. The van der Waals surface area contributed by atoms with E-state index in [1.165, 1.54) is 16.8 Å². The summed E-state index contributed by atoms with van der Waals surface area (Å²) in [5, 5.41) is 13.4. The Morgan fingerprint density at radius 1 is 1.13 bits per heavy atom. The van der Waals surface area contributed by atoms with E-state index in [1.807, 2.05) is 0 Å². The number of carbonyl (C=O) groups excluding carboxylic acids is 2. The van der Waals surface area contributed by atoms with Gasteiger partial charge in [0.2, 0.25) is 0 Å². The quantitative estimate of drug-likeness (QED) is 0.591. The van der Waals surface area contributed by atoms with Crippen molar-refractivity contribution in [3.8, 4) is 5.69 Å². The first-order valence-corrected chi connectivity index (χ1v) is 9.70. The second-order valence-electron chi connectivity index (χ2n) is 7.69. The molecule has 2 amide bonds. The number of benzene rings is 2. The van der Waals surface area contributed by atoms with Gasteiger partial charge in [-0.05, 0) is 64.1 Å². The van der Waals surface area contributed by atoms with Gasteiger partial charge in [-0.3, -0.25) is 10.1 Å². The summed E-state index contributed by atoms with van der Waals surface area (Å²) in [6, 6.07) is 10.7. The zero-order valence-electron chi connectivity index (χ0n) is 17.4. The summed E-state index contributed by atoms with van der Waals surface area (Å²) >= 11 is 6.01. The number of nitrogens with one attached hydrogen (secondary N) is 2. The number of carbonyl (C=O) groups is 2. The van der Waals surface area contributed by atoms with E-state index in [4.69, 9.17) is 16.3 Å². The zero-order chi connectivity index (χ0) is 22.8. The normalized spacial score (nSPS) is 11.2. The van der Waals surface area contributed by atoms with Gasteiger partial charge in [-0.15, -0.1) is 5.10 Å². The van der Waals surface area contributed by atoms with Gasteiger partial charge in [-0.25, -0.2) is 13.9 Å². The maximum atomic E-state index is 14.1. The Morgan fingerprint density at radius 2 is 1.87 bits per heavy atom. The minimum Gasteiger partial charge on any atom is -0.444 e. The van der Waals surface area contributed by atoms with Crippen molar-refractivity contribution in [2.45, 2.75) is 33.3 Å². The van der Waals surface area contributed by atoms with E-state index in [-0.39, 0.29) is 17.1 Å². The van der Waals surface area contributed by atoms with E-state index < -0.39 is 23.4 Å². The van der Waals surface area contributed by atoms with E-state index in [9.17, 15) is 14.0 Å². The third-order valence-corrected chi connectivity index (χ3v) is 4.26. The van der Waals surface area contributed by atoms with E-state index >= 15 is 0 Å². The number of halogens is 2. The molecule has 2 N–H and O–H groups in total. The molecular formula is C21H21ClFN5O3. The van der Waals surface area contributed by atoms with Crippen LogP contribution in [0.15, 0.2) is 42.5 Å². The first-order valence-electron chi connectivity index (χ1n) is 9.32. The maximum Gasteiger partial charge on any atom is 0.412 e. The van der Waals surface area contributed by atoms with E-state index in [1.54, 1.807) is 52.0 Å². The van der Waals surface area contributed by atoms with Crippen LogP contribution in [0.2, 0.25) is 5.02 Å². The standard InChI is InChI=1S/C21H21ClFN5O3/c1-12-18(26-27-28(12)15-7-5-6-13(22)10-15)19(29)24-14-8-9-16(23)17(11-14)25-20(30)31-21(2,3)4/h5-11H,1-4H3,(H,24,29)(H,25,30). The topological polar surface area (TPSA) is 98.1 Å². The molecule has 1 aromatic heterocycles. The highest BCUT2D eigenvalue weighted by Crippen LogP contribution is 2.22. The van der Waals surface area contributed by atoms with Crippen molar-refractivity contribution in [1.29, 1.82) is 0 Å². The molecule has 0 aliphatic carbocycles. The number of amides is 2. The first kappa shape index (κ1) is 22.2. The van der Waals surface area contributed by atoms with Gasteiger partial charge in [0.25, 0.3) is 5.91 Å². The van der Waals surface area contributed by atoms with Crippen LogP contribution in [0.25, 0.3) is 5.69 Å². The molecule has 0 unspecified atom stereocenters. The molecule has 3 aromatic rings. The number of rotatable bonds is 4. The lowest BCUT2D eigenvalue weighted by molar-refractivity contribution is 0.0635. The van der Waals surface area contributed by atoms with E-state index in [0.717, 1.165) is 6.07 Å². The van der Waals surface area contributed by atoms with Gasteiger partial charge in [-0.1, -0.05) is 22.9 Å². The SMILES string of the molecule is Cc1c(C(=O)Nc2ccc(F)c(NC(=O)OC(C)(C)C)c2)nnn1-c1cccc(Cl)c1. The van der Waals surface area contributed by atoms with Crippen LogP contribution in [0.5, 0.6) is 0 Å². The van der Waals surface area contributed by atoms with Crippen LogP contribution in [0.1, 0.15) is 37.0 Å². The molecule has 0 saturated carbocycles. The molecule has 3 rings (SSSR count). The molecule has 0 radical (unpaired) electrons. The number of aromatic nitrogens is 3. The summed E-state index contributed by atoms with van der Waals surface area (Å²) in [7, 11) is 0. The van der Waals surface area contributed by atoms with Crippen molar-refractivity contribution in [2.75, 3.05) is 10.6 Å². The van der Waals surface area contributed by atoms with Crippen LogP contribution in [-0.4, -0.2) is 32.6 Å². The fourth-order valence-corrected chi connectivity index (χ4v) is 2.88. The summed E-state index contributed by atoms with van der Waals surface area (Å²) < 4.78 is 20.7. The first-order chi connectivity index (χ1) is 14.5. The van der Waals surface area contributed by atoms with E-state index in [0.29, 0.717) is 16.4 Å². The fourth-order valence-electron chi connectivity index (χ4n) is 2.69. The lowest BCUT2D eigenvalue weighted by atomic mass is 10.2. The molecular weight excluding hydrogens is 425 g/mol. The Kier molecular flexibility index (Phi) is 6.26. The highest BCUT2D eigenvalue weighted by molar-refractivity contribution is 6.30. The van der Waals surface area contributed by atoms with E-state index in [2.05, 4.69) is 20.9 Å². The fraction of sp³-hybridized carbons (Fsp3) is 0.238. The largest absolute Gasteiger partial charge is 0.444 e. The molecule has 8 nitrogen and oxygen atoms in total. The van der Waals surface area contributed by atoms with Crippen LogP contribution in [-0.2, 0) is 4.74 Å². The van der Waals surface area contributed by atoms with Crippen LogP contribution >= 0.6 is 11.6 Å². The lowest BCUT2D eigenvalue weighted by Crippen LogP contribution is -2.27. The minimum absolute atomic E-state index is 0.0888. The highest BCUT2D eigenvalue weighted by atomic mass is 35.5. The molecule has 0 spiro atoms. The molecule has 0 bridgehead atoms. The third-order valence-electron chi connectivity index (χ3n) is 4.02. The van der Waals surface area contributed by atoms with Gasteiger partial charge in [0, 0.05) is 10.7 Å². The second kappa shape index (κ2) is 8.73. The molecule has 31 heavy (non-hydrogen) atoms. The average Bonchev–Trinajstić information content (AvgIpc) is 3.04. The zero-order valence-corrected chi connectivity index (χ0v) is 18.1. The highest BCUT2D eigenvalue weighted by Gasteiger charge is 2.20. The molecule has 162 valence electrons. The Balaban J connectivity index is 1.77. The van der Waals surface area contributed by atoms with Gasteiger partial charge < -0.3 is 10.1 Å². The Morgan fingerprint density at radius 3 is 2.55 bits per heavy atom. The summed E-state index contributed by atoms with van der Waals surface area (Å²) in [6.07, 6.45) is -0.810. The van der Waals surface area contributed by atoms with Crippen molar-refractivity contribution in [2.24, 2.45) is 0 Å². The number of anilines is 2. The minimum atomic E-state index is -0.810. The van der Waals surface area contributed by atoms with Crippen LogP contribution in [0, 0.1) is 12.7 Å². The summed E-state index contributed by atoms with van der Waals surface area (Å²) in [5.41, 5.74) is 0.626. The summed E-state index contributed by atoms with van der Waals surface area (Å²) in [6.45, 7) is 6.77. The van der Waals surface area contributed by atoms with Crippen molar-refractivity contribution in [3.05, 3.63) is 64.7 Å². The summed E-state index contributed by atoms with van der Waals surface area (Å²) in [4.78, 5) is 24.6. The Hall–Kier alpha value is -3.46. The Bertz CT molecular complexity index is 1140. The Labute approximate surface area is 183 Å². The number of hydrogen-bond donors (Lipinski definition) is 2. The molecule has 0 aliphatic heterocycles. The predicted molar refractivity (Wildman–Crippen MR) is 115 cm³/mol. The predicted octanol–water partition coefficient (Wildman–Crippen LogP) is 4.97. The monoisotopic (exact) mass is 445 g/mol. The maximum absolute atomic E-state index is 14.1. The number of ether oxygens (including phenoxy) is 1.